The Hall–Kier alpha value is -3.24. The van der Waals surface area contributed by atoms with Crippen LogP contribution in [0.3, 0.4) is 0 Å². The lowest BCUT2D eigenvalue weighted by Gasteiger charge is -2.19. The molecule has 0 saturated carbocycles. The SMILES string of the molecule is CN1CCN(c2ccc(C(=O)Nc3ccc(Cl)c(-c4nccc5ncccc45)c3)c(Cl)c2)S1(=O)=O. The number of anilines is 2. The van der Waals surface area contributed by atoms with Crippen LogP contribution in [0.1, 0.15) is 10.4 Å². The number of nitrogens with zero attached hydrogens (tertiary/aromatic N) is 4. The number of pyridine rings is 2. The molecule has 1 aliphatic rings. The Kier molecular flexibility index (Phi) is 6.10. The first kappa shape index (κ1) is 23.5. The molecule has 1 fully saturated rings. The molecule has 11 heteroatoms. The van der Waals surface area contributed by atoms with Gasteiger partial charge in [0.15, 0.2) is 0 Å². The number of likely N-dealkylation sites (N-methyl/N-ethyl adjacent to an activating group) is 1. The number of carbonyl (C=O) groups excluding carboxylic acids is 1. The van der Waals surface area contributed by atoms with Crippen molar-refractivity contribution in [1.82, 2.24) is 14.3 Å². The summed E-state index contributed by atoms with van der Waals surface area (Å²) in [7, 11) is -2.07. The lowest BCUT2D eigenvalue weighted by molar-refractivity contribution is 0.102. The van der Waals surface area contributed by atoms with Gasteiger partial charge in [0, 0.05) is 49.2 Å². The predicted molar refractivity (Wildman–Crippen MR) is 138 cm³/mol. The Bertz CT molecular complexity index is 1570. The summed E-state index contributed by atoms with van der Waals surface area (Å²) in [5, 5.41) is 4.28. The van der Waals surface area contributed by atoms with Gasteiger partial charge < -0.3 is 5.32 Å². The van der Waals surface area contributed by atoms with Crippen molar-refractivity contribution >= 4 is 61.6 Å². The molecule has 3 heterocycles. The highest BCUT2D eigenvalue weighted by Gasteiger charge is 2.34. The summed E-state index contributed by atoms with van der Waals surface area (Å²) in [6.45, 7) is 0.689. The minimum Gasteiger partial charge on any atom is -0.322 e. The summed E-state index contributed by atoms with van der Waals surface area (Å²) < 4.78 is 27.4. The molecular formula is C24H19Cl2N5O3S. The standard InChI is InChI=1S/C24H19Cl2N5O3S/c1-30-11-12-31(35(30,33)34)16-5-6-17(21(26)14-16)24(32)29-15-4-7-20(25)19(13-15)23-18-3-2-9-27-22(18)8-10-28-23/h2-10,13-14H,11-12H2,1H3,(H,29,32). The van der Waals surface area contributed by atoms with Crippen molar-refractivity contribution in [1.29, 1.82) is 0 Å². The predicted octanol–water partition coefficient (Wildman–Crippen LogP) is 4.85. The number of benzene rings is 2. The molecule has 35 heavy (non-hydrogen) atoms. The monoisotopic (exact) mass is 527 g/mol. The molecule has 0 aliphatic carbocycles. The first-order chi connectivity index (χ1) is 16.8. The number of fused-ring (bicyclic) bond motifs is 1. The van der Waals surface area contributed by atoms with Crippen molar-refractivity contribution in [2.24, 2.45) is 0 Å². The van der Waals surface area contributed by atoms with Gasteiger partial charge >= 0.3 is 10.2 Å². The number of hydrogen-bond acceptors (Lipinski definition) is 5. The summed E-state index contributed by atoms with van der Waals surface area (Å²) in [6.07, 6.45) is 3.36. The first-order valence-electron chi connectivity index (χ1n) is 10.6. The zero-order chi connectivity index (χ0) is 24.7. The van der Waals surface area contributed by atoms with Gasteiger partial charge in [0.05, 0.1) is 32.5 Å². The molecule has 2 aromatic heterocycles. The van der Waals surface area contributed by atoms with Gasteiger partial charge in [-0.2, -0.15) is 12.7 Å². The summed E-state index contributed by atoms with van der Waals surface area (Å²) in [4.78, 5) is 21.8. The highest BCUT2D eigenvalue weighted by atomic mass is 35.5. The second-order valence-corrected chi connectivity index (χ2v) is 10.7. The van der Waals surface area contributed by atoms with Crippen LogP contribution in [0.5, 0.6) is 0 Å². The topological polar surface area (TPSA) is 95.5 Å². The number of halogens is 2. The third kappa shape index (κ3) is 4.32. The van der Waals surface area contributed by atoms with Crippen molar-refractivity contribution in [3.05, 3.63) is 82.6 Å². The lowest BCUT2D eigenvalue weighted by Crippen LogP contribution is -2.30. The van der Waals surface area contributed by atoms with Crippen molar-refractivity contribution in [3.8, 4) is 11.3 Å². The largest absolute Gasteiger partial charge is 0.322 e. The molecule has 0 spiro atoms. The molecule has 0 radical (unpaired) electrons. The van der Waals surface area contributed by atoms with E-state index in [1.807, 2.05) is 18.2 Å². The third-order valence-corrected chi connectivity index (χ3v) is 8.35. The van der Waals surface area contributed by atoms with E-state index in [-0.39, 0.29) is 10.6 Å². The van der Waals surface area contributed by atoms with Gasteiger partial charge in [-0.05, 0) is 54.6 Å². The molecule has 8 nitrogen and oxygen atoms in total. The van der Waals surface area contributed by atoms with Crippen molar-refractivity contribution in [2.45, 2.75) is 0 Å². The summed E-state index contributed by atoms with van der Waals surface area (Å²) in [5.74, 6) is -0.441. The maximum absolute atomic E-state index is 13.0. The van der Waals surface area contributed by atoms with Crippen LogP contribution in [0.25, 0.3) is 22.2 Å². The number of aromatic nitrogens is 2. The maximum atomic E-state index is 13.0. The van der Waals surface area contributed by atoms with Crippen LogP contribution in [-0.2, 0) is 10.2 Å². The van der Waals surface area contributed by atoms with Gasteiger partial charge in [-0.25, -0.2) is 0 Å². The number of hydrogen-bond donors (Lipinski definition) is 1. The van der Waals surface area contributed by atoms with E-state index in [4.69, 9.17) is 23.2 Å². The van der Waals surface area contributed by atoms with E-state index in [2.05, 4.69) is 15.3 Å². The molecule has 5 rings (SSSR count). The fourth-order valence-corrected chi connectivity index (χ4v) is 5.75. The van der Waals surface area contributed by atoms with E-state index >= 15 is 0 Å². The Morgan fingerprint density at radius 2 is 1.80 bits per heavy atom. The van der Waals surface area contributed by atoms with Crippen LogP contribution < -0.4 is 9.62 Å². The number of amides is 1. The second-order valence-electron chi connectivity index (χ2n) is 7.94. The molecule has 1 aliphatic heterocycles. The summed E-state index contributed by atoms with van der Waals surface area (Å²) >= 11 is 12.9. The second kappa shape index (κ2) is 9.09. The zero-order valence-electron chi connectivity index (χ0n) is 18.4. The van der Waals surface area contributed by atoms with Gasteiger partial charge in [-0.15, -0.1) is 0 Å². The molecule has 178 valence electrons. The Morgan fingerprint density at radius 1 is 0.971 bits per heavy atom. The van der Waals surface area contributed by atoms with E-state index in [9.17, 15) is 13.2 Å². The van der Waals surface area contributed by atoms with Gasteiger partial charge in [-0.3, -0.25) is 19.1 Å². The highest BCUT2D eigenvalue weighted by molar-refractivity contribution is 7.90. The molecule has 0 atom stereocenters. The quantitative estimate of drug-likeness (QED) is 0.409. The molecule has 0 bridgehead atoms. The lowest BCUT2D eigenvalue weighted by atomic mass is 10.1. The minimum absolute atomic E-state index is 0.140. The van der Waals surface area contributed by atoms with E-state index in [0.29, 0.717) is 40.7 Å². The smallest absolute Gasteiger partial charge is 0.303 e. The Balaban J connectivity index is 1.43. The van der Waals surface area contributed by atoms with Crippen LogP contribution in [-0.4, -0.2) is 48.7 Å². The van der Waals surface area contributed by atoms with Crippen LogP contribution in [0.2, 0.25) is 10.0 Å². The van der Waals surface area contributed by atoms with Crippen LogP contribution >= 0.6 is 23.2 Å². The Morgan fingerprint density at radius 3 is 2.54 bits per heavy atom. The third-order valence-electron chi connectivity index (χ3n) is 5.78. The van der Waals surface area contributed by atoms with Crippen LogP contribution in [0.15, 0.2) is 67.0 Å². The van der Waals surface area contributed by atoms with E-state index in [1.54, 1.807) is 36.7 Å². The van der Waals surface area contributed by atoms with Crippen molar-refractivity contribution < 1.29 is 13.2 Å². The fraction of sp³-hybridized carbons (Fsp3) is 0.125. The fourth-order valence-electron chi connectivity index (χ4n) is 3.94. The summed E-state index contributed by atoms with van der Waals surface area (Å²) in [5.41, 5.74) is 3.19. The number of rotatable bonds is 4. The van der Waals surface area contributed by atoms with Gasteiger partial charge in [0.1, 0.15) is 0 Å². The molecular weight excluding hydrogens is 509 g/mol. The zero-order valence-corrected chi connectivity index (χ0v) is 20.8. The first-order valence-corrected chi connectivity index (χ1v) is 12.8. The maximum Gasteiger partial charge on any atom is 0.303 e. The van der Waals surface area contributed by atoms with E-state index in [1.165, 1.54) is 27.8 Å². The number of nitrogens with one attached hydrogen (secondary N) is 1. The molecule has 0 unspecified atom stereocenters. The van der Waals surface area contributed by atoms with Crippen LogP contribution in [0, 0.1) is 0 Å². The minimum atomic E-state index is -3.58. The normalized spacial score (nSPS) is 15.5. The summed E-state index contributed by atoms with van der Waals surface area (Å²) in [6, 6.07) is 15.2. The van der Waals surface area contributed by atoms with Gasteiger partial charge in [-0.1, -0.05) is 23.2 Å². The average molecular weight is 528 g/mol. The molecule has 2 aromatic carbocycles. The Labute approximate surface area is 212 Å². The van der Waals surface area contributed by atoms with E-state index < -0.39 is 16.1 Å². The van der Waals surface area contributed by atoms with Gasteiger partial charge in [0.25, 0.3) is 5.91 Å². The number of carbonyl (C=O) groups is 1. The van der Waals surface area contributed by atoms with Crippen molar-refractivity contribution in [3.63, 3.8) is 0 Å². The molecule has 1 N–H and O–H groups in total. The molecule has 4 aromatic rings. The highest BCUT2D eigenvalue weighted by Crippen LogP contribution is 2.34. The van der Waals surface area contributed by atoms with Crippen molar-refractivity contribution in [2.75, 3.05) is 29.8 Å². The molecule has 1 saturated heterocycles. The van der Waals surface area contributed by atoms with E-state index in [0.717, 1.165) is 10.9 Å². The van der Waals surface area contributed by atoms with Gasteiger partial charge in [0.2, 0.25) is 0 Å². The molecule has 1 amide bonds. The van der Waals surface area contributed by atoms with Crippen LogP contribution in [0.4, 0.5) is 11.4 Å². The average Bonchev–Trinajstić information content (AvgIpc) is 3.11.